The Labute approximate surface area is 186 Å². The molecule has 178 valence electrons. The first-order valence-electron chi connectivity index (χ1n) is 12.9. The van der Waals surface area contributed by atoms with Crippen LogP contribution in [-0.2, 0) is 4.79 Å². The molecule has 0 bridgehead atoms. The molecule has 0 aliphatic carbocycles. The summed E-state index contributed by atoms with van der Waals surface area (Å²) in [7, 11) is 0. The van der Waals surface area contributed by atoms with Crippen LogP contribution in [0.25, 0.3) is 0 Å². The van der Waals surface area contributed by atoms with Crippen molar-refractivity contribution in [3.8, 4) is 0 Å². The van der Waals surface area contributed by atoms with Crippen molar-refractivity contribution in [2.45, 2.75) is 135 Å². The molecular weight excluding hydrogens is 374 g/mol. The zero-order valence-electron chi connectivity index (χ0n) is 19.9. The standard InChI is InChI=1S/C18H36O2.C7H15N3/c1-2-3-4-5-6-7-8-9-10-11-12-13-14-15-16-17-18(19)20;8-7(9)10-5-3-1-2-4-6-10/h2-17H2,1H3,(H,19,20);1-6H2,(H3,8,9). The first-order chi connectivity index (χ1) is 14.6. The summed E-state index contributed by atoms with van der Waals surface area (Å²) in [5, 5.41) is 15.7. The lowest BCUT2D eigenvalue weighted by Gasteiger charge is -2.19. The highest BCUT2D eigenvalue weighted by molar-refractivity contribution is 5.74. The van der Waals surface area contributed by atoms with E-state index in [1.807, 2.05) is 4.90 Å². The van der Waals surface area contributed by atoms with Crippen molar-refractivity contribution < 1.29 is 9.90 Å². The third-order valence-electron chi connectivity index (χ3n) is 5.94. The van der Waals surface area contributed by atoms with E-state index in [1.54, 1.807) is 0 Å². The minimum absolute atomic E-state index is 0.238. The van der Waals surface area contributed by atoms with E-state index in [9.17, 15) is 4.79 Å². The number of carboxylic acid groups (broad SMARTS) is 1. The number of guanidine groups is 1. The van der Waals surface area contributed by atoms with Gasteiger partial charge in [0, 0.05) is 19.5 Å². The maximum Gasteiger partial charge on any atom is 0.303 e. The number of aliphatic carboxylic acids is 1. The van der Waals surface area contributed by atoms with E-state index >= 15 is 0 Å². The quantitative estimate of drug-likeness (QED) is 0.140. The van der Waals surface area contributed by atoms with Gasteiger partial charge in [0.25, 0.3) is 0 Å². The zero-order valence-corrected chi connectivity index (χ0v) is 19.9. The van der Waals surface area contributed by atoms with E-state index in [0.29, 0.717) is 6.42 Å². The molecule has 0 aromatic rings. The lowest BCUT2D eigenvalue weighted by molar-refractivity contribution is -0.137. The molecule has 4 N–H and O–H groups in total. The van der Waals surface area contributed by atoms with Crippen LogP contribution in [0.4, 0.5) is 0 Å². The van der Waals surface area contributed by atoms with Gasteiger partial charge >= 0.3 is 5.97 Å². The molecule has 0 saturated carbocycles. The summed E-state index contributed by atoms with van der Waals surface area (Å²) in [4.78, 5) is 12.3. The second kappa shape index (κ2) is 22.4. The Bertz CT molecular complexity index is 394. The number of nitrogens with two attached hydrogens (primary N) is 1. The number of carboxylic acids is 1. The van der Waals surface area contributed by atoms with Crippen molar-refractivity contribution in [3.63, 3.8) is 0 Å². The predicted octanol–water partition coefficient (Wildman–Crippen LogP) is 7.09. The van der Waals surface area contributed by atoms with Crippen LogP contribution in [-0.4, -0.2) is 35.0 Å². The smallest absolute Gasteiger partial charge is 0.303 e. The number of nitrogens with zero attached hydrogens (tertiary/aromatic N) is 1. The van der Waals surface area contributed by atoms with Gasteiger partial charge in [-0.15, -0.1) is 0 Å². The number of hydrogen-bond acceptors (Lipinski definition) is 2. The Kier molecular flexibility index (Phi) is 21.5. The SMILES string of the molecule is CCCCCCCCCCCCCCCCCC(=O)O.N=C(N)N1CCCCCC1. The highest BCUT2D eigenvalue weighted by Crippen LogP contribution is 2.13. The van der Waals surface area contributed by atoms with Gasteiger partial charge in [0.1, 0.15) is 0 Å². The predicted molar refractivity (Wildman–Crippen MR) is 129 cm³/mol. The van der Waals surface area contributed by atoms with Crippen molar-refractivity contribution in [1.29, 1.82) is 5.41 Å². The van der Waals surface area contributed by atoms with Crippen LogP contribution in [0.3, 0.4) is 0 Å². The molecule has 5 nitrogen and oxygen atoms in total. The van der Waals surface area contributed by atoms with Crippen LogP contribution in [0.5, 0.6) is 0 Å². The van der Waals surface area contributed by atoms with E-state index in [0.717, 1.165) is 25.9 Å². The fourth-order valence-electron chi connectivity index (χ4n) is 3.96. The molecule has 0 aromatic heterocycles. The molecule has 1 saturated heterocycles. The molecule has 0 spiro atoms. The molecule has 1 heterocycles. The average Bonchev–Trinajstić information content (AvgIpc) is 3.01. The number of likely N-dealkylation sites (tertiary alicyclic amines) is 1. The summed E-state index contributed by atoms with van der Waals surface area (Å²) in [6.07, 6.45) is 25.2. The summed E-state index contributed by atoms with van der Waals surface area (Å²) >= 11 is 0. The molecule has 0 amide bonds. The van der Waals surface area contributed by atoms with Gasteiger partial charge in [0.15, 0.2) is 5.96 Å². The first-order valence-corrected chi connectivity index (χ1v) is 12.9. The van der Waals surface area contributed by atoms with Gasteiger partial charge < -0.3 is 15.7 Å². The molecule has 1 rings (SSSR count). The highest BCUT2D eigenvalue weighted by atomic mass is 16.4. The van der Waals surface area contributed by atoms with Gasteiger partial charge in [-0.3, -0.25) is 10.2 Å². The molecule has 30 heavy (non-hydrogen) atoms. The number of rotatable bonds is 16. The fraction of sp³-hybridized carbons (Fsp3) is 0.920. The maximum atomic E-state index is 10.3. The number of hydrogen-bond donors (Lipinski definition) is 3. The van der Waals surface area contributed by atoms with Crippen molar-refractivity contribution in [3.05, 3.63) is 0 Å². The van der Waals surface area contributed by atoms with Crippen LogP contribution in [0.15, 0.2) is 0 Å². The normalized spacial score (nSPS) is 14.0. The largest absolute Gasteiger partial charge is 0.481 e. The van der Waals surface area contributed by atoms with Gasteiger partial charge in [0.05, 0.1) is 0 Å². The third-order valence-corrected chi connectivity index (χ3v) is 5.94. The molecule has 5 heteroatoms. The van der Waals surface area contributed by atoms with Crippen LogP contribution in [0, 0.1) is 5.41 Å². The topological polar surface area (TPSA) is 90.4 Å². The van der Waals surface area contributed by atoms with Gasteiger partial charge in [-0.1, -0.05) is 110 Å². The summed E-state index contributed by atoms with van der Waals surface area (Å²) < 4.78 is 0. The molecule has 0 radical (unpaired) electrons. The van der Waals surface area contributed by atoms with Crippen LogP contribution >= 0.6 is 0 Å². The monoisotopic (exact) mass is 425 g/mol. The van der Waals surface area contributed by atoms with Gasteiger partial charge in [-0.25, -0.2) is 0 Å². The number of unbranched alkanes of at least 4 members (excludes halogenated alkanes) is 14. The minimum Gasteiger partial charge on any atom is -0.481 e. The summed E-state index contributed by atoms with van der Waals surface area (Å²) in [5.41, 5.74) is 5.35. The Hall–Kier alpha value is -1.26. The summed E-state index contributed by atoms with van der Waals surface area (Å²) in [6.45, 7) is 4.23. The number of carbonyl (C=O) groups is 1. The molecular formula is C25H51N3O2. The van der Waals surface area contributed by atoms with Gasteiger partial charge in [0.2, 0.25) is 0 Å². The van der Waals surface area contributed by atoms with Crippen molar-refractivity contribution in [2.75, 3.05) is 13.1 Å². The maximum absolute atomic E-state index is 10.3. The highest BCUT2D eigenvalue weighted by Gasteiger charge is 2.08. The Morgan fingerprint density at radius 1 is 0.733 bits per heavy atom. The van der Waals surface area contributed by atoms with E-state index < -0.39 is 5.97 Å². The molecule has 0 atom stereocenters. The molecule has 0 aromatic carbocycles. The summed E-state index contributed by atoms with van der Waals surface area (Å²) in [6, 6.07) is 0. The minimum atomic E-state index is -0.653. The van der Waals surface area contributed by atoms with Crippen molar-refractivity contribution in [1.82, 2.24) is 4.90 Å². The van der Waals surface area contributed by atoms with E-state index in [-0.39, 0.29) is 5.96 Å². The van der Waals surface area contributed by atoms with Crippen LogP contribution in [0.1, 0.15) is 135 Å². The lowest BCUT2D eigenvalue weighted by Crippen LogP contribution is -2.36. The zero-order chi connectivity index (χ0) is 22.3. The van der Waals surface area contributed by atoms with E-state index in [4.69, 9.17) is 16.2 Å². The van der Waals surface area contributed by atoms with Crippen LogP contribution < -0.4 is 5.73 Å². The van der Waals surface area contributed by atoms with Crippen molar-refractivity contribution in [2.24, 2.45) is 5.73 Å². The second-order valence-electron chi connectivity index (χ2n) is 8.88. The lowest BCUT2D eigenvalue weighted by atomic mass is 10.0. The summed E-state index contributed by atoms with van der Waals surface area (Å²) in [5.74, 6) is -0.415. The number of nitrogens with one attached hydrogen (secondary N) is 1. The van der Waals surface area contributed by atoms with Gasteiger partial charge in [-0.2, -0.15) is 0 Å². The van der Waals surface area contributed by atoms with Gasteiger partial charge in [-0.05, 0) is 19.3 Å². The van der Waals surface area contributed by atoms with E-state index in [2.05, 4.69) is 6.92 Å². The molecule has 0 unspecified atom stereocenters. The molecule has 1 aliphatic rings. The third kappa shape index (κ3) is 21.4. The van der Waals surface area contributed by atoms with Crippen LogP contribution in [0.2, 0.25) is 0 Å². The Morgan fingerprint density at radius 2 is 1.10 bits per heavy atom. The molecule has 1 fully saturated rings. The Balaban J connectivity index is 0.000000696. The van der Waals surface area contributed by atoms with E-state index in [1.165, 1.54) is 109 Å². The van der Waals surface area contributed by atoms with Crippen molar-refractivity contribution >= 4 is 11.9 Å². The average molecular weight is 426 g/mol. The Morgan fingerprint density at radius 3 is 1.43 bits per heavy atom. The first kappa shape index (κ1) is 28.7. The second-order valence-corrected chi connectivity index (χ2v) is 8.88. The molecule has 1 aliphatic heterocycles. The fourth-order valence-corrected chi connectivity index (χ4v) is 3.96.